The molecule has 1 amide bonds. The highest BCUT2D eigenvalue weighted by atomic mass is 16.5. The van der Waals surface area contributed by atoms with E-state index in [1.165, 1.54) is 4.90 Å². The first kappa shape index (κ1) is 19.3. The fourth-order valence-electron chi connectivity index (χ4n) is 4.34. The van der Waals surface area contributed by atoms with Gasteiger partial charge in [-0.25, -0.2) is 0 Å². The zero-order valence-corrected chi connectivity index (χ0v) is 16.9. The van der Waals surface area contributed by atoms with Crippen LogP contribution in [0.2, 0.25) is 0 Å². The van der Waals surface area contributed by atoms with Crippen LogP contribution in [-0.4, -0.2) is 33.2 Å². The Balaban J connectivity index is 1.51. The summed E-state index contributed by atoms with van der Waals surface area (Å²) in [4.78, 5) is 14.1. The normalized spacial score (nSPS) is 18.6. The second-order valence-corrected chi connectivity index (χ2v) is 7.46. The SMILES string of the molecule is COc1ccc([C@@H]2CCC[NH+]2CC(=O)Nc2cccc3ccccc23)c(OC)c1. The number of amides is 1. The topological polar surface area (TPSA) is 52.0 Å². The number of carbonyl (C=O) groups is 1. The molecule has 1 unspecified atom stereocenters. The van der Waals surface area contributed by atoms with Gasteiger partial charge in [0.05, 0.1) is 26.3 Å². The molecule has 0 bridgehead atoms. The molecule has 1 heterocycles. The maximum absolute atomic E-state index is 12.9. The van der Waals surface area contributed by atoms with Crippen LogP contribution in [0.25, 0.3) is 10.8 Å². The summed E-state index contributed by atoms with van der Waals surface area (Å²) in [7, 11) is 3.33. The summed E-state index contributed by atoms with van der Waals surface area (Å²) in [5.41, 5.74) is 2.00. The molecule has 150 valence electrons. The van der Waals surface area contributed by atoms with Crippen molar-refractivity contribution in [3.05, 3.63) is 66.2 Å². The predicted octanol–water partition coefficient (Wildman–Crippen LogP) is 3.22. The van der Waals surface area contributed by atoms with Crippen LogP contribution in [0.15, 0.2) is 60.7 Å². The predicted molar refractivity (Wildman–Crippen MR) is 115 cm³/mol. The van der Waals surface area contributed by atoms with Crippen molar-refractivity contribution in [1.82, 2.24) is 0 Å². The van der Waals surface area contributed by atoms with Crippen molar-refractivity contribution >= 4 is 22.4 Å². The number of quaternary nitrogens is 1. The number of carbonyl (C=O) groups excluding carboxylic acids is 1. The van der Waals surface area contributed by atoms with Gasteiger partial charge in [-0.1, -0.05) is 36.4 Å². The maximum atomic E-state index is 12.9. The first-order chi connectivity index (χ1) is 14.2. The van der Waals surface area contributed by atoms with Crippen LogP contribution < -0.4 is 19.7 Å². The number of rotatable bonds is 6. The number of fused-ring (bicyclic) bond motifs is 1. The molecule has 3 aromatic carbocycles. The van der Waals surface area contributed by atoms with Crippen molar-refractivity contribution in [2.45, 2.75) is 18.9 Å². The summed E-state index contributed by atoms with van der Waals surface area (Å²) in [6.07, 6.45) is 2.14. The maximum Gasteiger partial charge on any atom is 0.279 e. The molecular weight excluding hydrogens is 364 g/mol. The summed E-state index contributed by atoms with van der Waals surface area (Å²) in [5.74, 6) is 1.64. The van der Waals surface area contributed by atoms with Crippen molar-refractivity contribution in [2.75, 3.05) is 32.6 Å². The van der Waals surface area contributed by atoms with Crippen LogP contribution in [0.5, 0.6) is 11.5 Å². The van der Waals surface area contributed by atoms with Crippen LogP contribution in [0.4, 0.5) is 5.69 Å². The molecule has 4 rings (SSSR count). The minimum Gasteiger partial charge on any atom is -0.497 e. The van der Waals surface area contributed by atoms with Crippen molar-refractivity contribution in [2.24, 2.45) is 0 Å². The molecule has 0 radical (unpaired) electrons. The number of hydrogen-bond acceptors (Lipinski definition) is 3. The summed E-state index contributed by atoms with van der Waals surface area (Å²) < 4.78 is 10.9. The third-order valence-electron chi connectivity index (χ3n) is 5.75. The zero-order valence-electron chi connectivity index (χ0n) is 16.9. The third-order valence-corrected chi connectivity index (χ3v) is 5.75. The van der Waals surface area contributed by atoms with E-state index in [-0.39, 0.29) is 11.9 Å². The molecule has 1 aliphatic heterocycles. The molecule has 0 aromatic heterocycles. The van der Waals surface area contributed by atoms with Gasteiger partial charge in [0, 0.05) is 30.0 Å². The lowest BCUT2D eigenvalue weighted by Gasteiger charge is -2.23. The van der Waals surface area contributed by atoms with E-state index < -0.39 is 0 Å². The second-order valence-electron chi connectivity index (χ2n) is 7.46. The number of likely N-dealkylation sites (tertiary alicyclic amines) is 1. The van der Waals surface area contributed by atoms with E-state index in [2.05, 4.69) is 23.5 Å². The van der Waals surface area contributed by atoms with Gasteiger partial charge in [-0.15, -0.1) is 0 Å². The van der Waals surface area contributed by atoms with Crippen molar-refractivity contribution in [1.29, 1.82) is 0 Å². The van der Waals surface area contributed by atoms with E-state index in [9.17, 15) is 4.79 Å². The minimum atomic E-state index is 0.0377. The van der Waals surface area contributed by atoms with Crippen molar-refractivity contribution in [3.8, 4) is 11.5 Å². The first-order valence-electron chi connectivity index (χ1n) is 10.0. The number of benzene rings is 3. The molecule has 0 saturated carbocycles. The molecule has 5 nitrogen and oxygen atoms in total. The molecule has 2 N–H and O–H groups in total. The number of anilines is 1. The average Bonchev–Trinajstić information content (AvgIpc) is 3.21. The van der Waals surface area contributed by atoms with Gasteiger partial charge in [0.25, 0.3) is 5.91 Å². The van der Waals surface area contributed by atoms with Gasteiger partial charge in [-0.05, 0) is 23.6 Å². The molecule has 1 aliphatic rings. The van der Waals surface area contributed by atoms with Crippen LogP contribution >= 0.6 is 0 Å². The monoisotopic (exact) mass is 391 g/mol. The van der Waals surface area contributed by atoms with Crippen molar-refractivity contribution in [3.63, 3.8) is 0 Å². The molecule has 5 heteroatoms. The Kier molecular flexibility index (Phi) is 5.67. The quantitative estimate of drug-likeness (QED) is 0.678. The average molecular weight is 391 g/mol. The van der Waals surface area contributed by atoms with Crippen LogP contribution in [0.1, 0.15) is 24.4 Å². The molecule has 3 aromatic rings. The zero-order chi connectivity index (χ0) is 20.2. The number of hydrogen-bond donors (Lipinski definition) is 2. The van der Waals surface area contributed by atoms with E-state index in [0.29, 0.717) is 6.54 Å². The van der Waals surface area contributed by atoms with Gasteiger partial charge in [-0.3, -0.25) is 4.79 Å². The molecule has 1 fully saturated rings. The van der Waals surface area contributed by atoms with E-state index in [1.807, 2.05) is 42.5 Å². The molecule has 29 heavy (non-hydrogen) atoms. The highest BCUT2D eigenvalue weighted by Gasteiger charge is 2.33. The van der Waals surface area contributed by atoms with E-state index in [4.69, 9.17) is 9.47 Å². The third kappa shape index (κ3) is 4.05. The van der Waals surface area contributed by atoms with Gasteiger partial charge >= 0.3 is 0 Å². The van der Waals surface area contributed by atoms with Gasteiger partial charge in [0.2, 0.25) is 0 Å². The highest BCUT2D eigenvalue weighted by Crippen LogP contribution is 2.31. The van der Waals surface area contributed by atoms with Gasteiger partial charge in [-0.2, -0.15) is 0 Å². The Morgan fingerprint density at radius 2 is 1.90 bits per heavy atom. The number of methoxy groups -OCH3 is 2. The summed E-state index contributed by atoms with van der Waals surface area (Å²) in [6.45, 7) is 1.41. The highest BCUT2D eigenvalue weighted by molar-refractivity contribution is 6.02. The van der Waals surface area contributed by atoms with Gasteiger partial charge in [0.1, 0.15) is 17.5 Å². The van der Waals surface area contributed by atoms with Crippen LogP contribution in [0, 0.1) is 0 Å². The summed E-state index contributed by atoms with van der Waals surface area (Å²) in [5, 5.41) is 5.31. The molecular formula is C24H27N2O3+. The Morgan fingerprint density at radius 1 is 1.07 bits per heavy atom. The molecule has 2 atom stereocenters. The van der Waals surface area contributed by atoms with Crippen LogP contribution in [-0.2, 0) is 4.79 Å². The van der Waals surface area contributed by atoms with E-state index >= 15 is 0 Å². The first-order valence-corrected chi connectivity index (χ1v) is 10.0. The lowest BCUT2D eigenvalue weighted by Crippen LogP contribution is -3.11. The van der Waals surface area contributed by atoms with Crippen molar-refractivity contribution < 1.29 is 19.2 Å². The fourth-order valence-corrected chi connectivity index (χ4v) is 4.34. The number of ether oxygens (including phenoxy) is 2. The Morgan fingerprint density at radius 3 is 2.72 bits per heavy atom. The minimum absolute atomic E-state index is 0.0377. The Labute approximate surface area is 171 Å². The largest absolute Gasteiger partial charge is 0.497 e. The van der Waals surface area contributed by atoms with Gasteiger partial charge < -0.3 is 19.7 Å². The lowest BCUT2D eigenvalue weighted by molar-refractivity contribution is -0.910. The fraction of sp³-hybridized carbons (Fsp3) is 0.292. The van der Waals surface area contributed by atoms with E-state index in [0.717, 1.165) is 52.9 Å². The molecule has 0 aliphatic carbocycles. The smallest absolute Gasteiger partial charge is 0.279 e. The van der Waals surface area contributed by atoms with Crippen LogP contribution in [0.3, 0.4) is 0 Å². The standard InChI is InChI=1S/C24H26N2O3/c1-28-18-12-13-20(23(15-18)29-2)22-11-6-14-26(22)16-24(27)25-21-10-5-8-17-7-3-4-9-19(17)21/h3-5,7-10,12-13,15,22H,6,11,14,16H2,1-2H3,(H,25,27)/p+1/t22-/m0/s1. The summed E-state index contributed by atoms with van der Waals surface area (Å²) >= 11 is 0. The number of nitrogens with one attached hydrogen (secondary N) is 2. The Hall–Kier alpha value is -3.05. The summed E-state index contributed by atoms with van der Waals surface area (Å²) in [6, 6.07) is 20.3. The van der Waals surface area contributed by atoms with Gasteiger partial charge in [0.15, 0.2) is 6.54 Å². The molecule has 0 spiro atoms. The molecule has 1 saturated heterocycles. The lowest BCUT2D eigenvalue weighted by atomic mass is 10.0. The Bertz CT molecular complexity index is 1010. The second kappa shape index (κ2) is 8.53. The van der Waals surface area contributed by atoms with E-state index in [1.54, 1.807) is 14.2 Å².